The second-order valence-electron chi connectivity index (χ2n) is 7.66. The minimum absolute atomic E-state index is 0.125. The van der Waals surface area contributed by atoms with Crippen molar-refractivity contribution in [2.75, 3.05) is 0 Å². The van der Waals surface area contributed by atoms with Crippen molar-refractivity contribution in [2.24, 2.45) is 21.2 Å². The molecule has 1 aromatic rings. The highest BCUT2D eigenvalue weighted by Crippen LogP contribution is 2.34. The Balaban J connectivity index is 1.71. The number of amides is 1. The molecule has 0 bridgehead atoms. The summed E-state index contributed by atoms with van der Waals surface area (Å²) in [7, 11) is 0. The van der Waals surface area contributed by atoms with Crippen LogP contribution in [0.15, 0.2) is 39.1 Å². The fourth-order valence-electron chi connectivity index (χ4n) is 3.76. The largest absolute Gasteiger partial charge is 0.506 e. The average molecular weight is 398 g/mol. The Hall–Kier alpha value is -3.03. The molecule has 0 saturated heterocycles. The third kappa shape index (κ3) is 4.52. The zero-order chi connectivity index (χ0) is 21.1. The van der Waals surface area contributed by atoms with Crippen molar-refractivity contribution in [3.63, 3.8) is 0 Å². The molecule has 1 fully saturated rings. The number of rotatable bonds is 6. The Morgan fingerprint density at radius 1 is 1.38 bits per heavy atom. The molecule has 3 unspecified atom stereocenters. The zero-order valence-electron chi connectivity index (χ0n) is 16.9. The lowest BCUT2D eigenvalue weighted by Crippen LogP contribution is -2.36. The molecule has 2 aliphatic rings. The maximum Gasteiger partial charge on any atom is 0.331 e. The number of hydrazone groups is 1. The van der Waals surface area contributed by atoms with E-state index in [0.29, 0.717) is 17.2 Å². The summed E-state index contributed by atoms with van der Waals surface area (Å²) in [5.74, 6) is -0.707. The fraction of sp³-hybridized carbons (Fsp3) is 0.476. The van der Waals surface area contributed by atoms with Crippen molar-refractivity contribution in [3.8, 4) is 5.75 Å². The normalized spacial score (nSPS) is 25.1. The average Bonchev–Trinajstić information content (AvgIpc) is 3.26. The van der Waals surface area contributed by atoms with Gasteiger partial charge >= 0.3 is 5.97 Å². The summed E-state index contributed by atoms with van der Waals surface area (Å²) in [5, 5.41) is 33.3. The van der Waals surface area contributed by atoms with Crippen LogP contribution in [0.5, 0.6) is 5.75 Å². The van der Waals surface area contributed by atoms with E-state index in [4.69, 9.17) is 5.11 Å². The number of phenols is 1. The number of carboxylic acids is 1. The van der Waals surface area contributed by atoms with Crippen LogP contribution in [0.25, 0.3) is 6.08 Å². The molecule has 154 valence electrons. The predicted octanol–water partition coefficient (Wildman–Crippen LogP) is 4.13. The van der Waals surface area contributed by atoms with Gasteiger partial charge in [0, 0.05) is 5.57 Å². The highest BCUT2D eigenvalue weighted by atomic mass is 16.4. The molecule has 0 aromatic heterocycles. The number of nitrogens with zero attached hydrogens (tertiary/aromatic N) is 4. The maximum atomic E-state index is 12.8. The molecule has 1 heterocycles. The number of carboxylic acid groups (broad SMARTS) is 1. The Morgan fingerprint density at radius 2 is 2.14 bits per heavy atom. The smallest absolute Gasteiger partial charge is 0.331 e. The summed E-state index contributed by atoms with van der Waals surface area (Å²) in [6.07, 6.45) is 5.59. The second-order valence-corrected chi connectivity index (χ2v) is 7.66. The zero-order valence-corrected chi connectivity index (χ0v) is 16.9. The van der Waals surface area contributed by atoms with Gasteiger partial charge in [0.2, 0.25) is 0 Å². The lowest BCUT2D eigenvalue weighted by atomic mass is 10.1. The number of phenolic OH excluding ortho intramolecular Hbond substituents is 1. The Labute approximate surface area is 169 Å². The van der Waals surface area contributed by atoms with Gasteiger partial charge in [-0.3, -0.25) is 4.79 Å². The third-order valence-corrected chi connectivity index (χ3v) is 5.56. The molecule has 1 aromatic carbocycles. The highest BCUT2D eigenvalue weighted by Gasteiger charge is 2.40. The molecule has 29 heavy (non-hydrogen) atoms. The van der Waals surface area contributed by atoms with E-state index >= 15 is 0 Å². The first-order valence-corrected chi connectivity index (χ1v) is 9.83. The van der Waals surface area contributed by atoms with Gasteiger partial charge in [0.25, 0.3) is 5.91 Å². The molecule has 8 nitrogen and oxygen atoms in total. The Bertz CT molecular complexity index is 906. The number of carbonyl (C=O) groups is 2. The summed E-state index contributed by atoms with van der Waals surface area (Å²) in [4.78, 5) is 23.7. The molecule has 1 saturated carbocycles. The summed E-state index contributed by atoms with van der Waals surface area (Å²) >= 11 is 0. The first-order chi connectivity index (χ1) is 13.8. The van der Waals surface area contributed by atoms with Gasteiger partial charge < -0.3 is 10.2 Å². The number of azo groups is 1. The molecule has 8 heteroatoms. The van der Waals surface area contributed by atoms with Crippen LogP contribution in [0.2, 0.25) is 0 Å². The molecule has 1 amide bonds. The standard InChI is InChI=1S/C21H26N4O4/c1-4-14-5-7-16(10-14)25-20(27)19(13(3)24-25)23-22-17-8-6-15(11-18(17)26)9-12(2)21(28)29/h6,8-9,11,14,16,19,26H,4-5,7,10H2,1-3H3,(H,28,29)/b12-9+,23-22?. The van der Waals surface area contributed by atoms with Gasteiger partial charge in [0.1, 0.15) is 11.4 Å². The van der Waals surface area contributed by atoms with Crippen LogP contribution >= 0.6 is 0 Å². The van der Waals surface area contributed by atoms with Crippen LogP contribution in [-0.2, 0) is 9.59 Å². The van der Waals surface area contributed by atoms with Crippen LogP contribution in [0, 0.1) is 5.92 Å². The van der Waals surface area contributed by atoms with Crippen LogP contribution in [0.4, 0.5) is 5.69 Å². The van der Waals surface area contributed by atoms with E-state index in [1.54, 1.807) is 18.0 Å². The van der Waals surface area contributed by atoms with Crippen molar-refractivity contribution in [2.45, 2.75) is 58.5 Å². The second kappa shape index (κ2) is 8.55. The van der Waals surface area contributed by atoms with E-state index in [2.05, 4.69) is 22.3 Å². The fourth-order valence-corrected chi connectivity index (χ4v) is 3.76. The van der Waals surface area contributed by atoms with Crippen molar-refractivity contribution in [3.05, 3.63) is 29.3 Å². The molecule has 2 N–H and O–H groups in total. The van der Waals surface area contributed by atoms with E-state index in [9.17, 15) is 14.7 Å². The molecular formula is C21H26N4O4. The van der Waals surface area contributed by atoms with Crippen molar-refractivity contribution < 1.29 is 19.8 Å². The van der Waals surface area contributed by atoms with Crippen LogP contribution in [0.1, 0.15) is 52.0 Å². The minimum Gasteiger partial charge on any atom is -0.506 e. The number of carbonyl (C=O) groups excluding carboxylic acids is 1. The van der Waals surface area contributed by atoms with E-state index < -0.39 is 12.0 Å². The third-order valence-electron chi connectivity index (χ3n) is 5.56. The van der Waals surface area contributed by atoms with Crippen molar-refractivity contribution in [1.82, 2.24) is 5.01 Å². The van der Waals surface area contributed by atoms with Gasteiger partial charge in [-0.1, -0.05) is 19.4 Å². The van der Waals surface area contributed by atoms with E-state index in [0.717, 1.165) is 25.7 Å². The van der Waals surface area contributed by atoms with Crippen molar-refractivity contribution >= 4 is 29.4 Å². The highest BCUT2D eigenvalue weighted by molar-refractivity contribution is 6.10. The summed E-state index contributed by atoms with van der Waals surface area (Å²) < 4.78 is 0. The first-order valence-electron chi connectivity index (χ1n) is 9.83. The van der Waals surface area contributed by atoms with Crippen LogP contribution in [-0.4, -0.2) is 44.9 Å². The monoisotopic (exact) mass is 398 g/mol. The van der Waals surface area contributed by atoms with Crippen molar-refractivity contribution in [1.29, 1.82) is 0 Å². The Kier molecular flexibility index (Phi) is 6.10. The number of aromatic hydroxyl groups is 1. The Morgan fingerprint density at radius 3 is 2.76 bits per heavy atom. The van der Waals surface area contributed by atoms with E-state index in [1.165, 1.54) is 25.1 Å². The first kappa shape index (κ1) is 20.7. The lowest BCUT2D eigenvalue weighted by Gasteiger charge is -2.20. The van der Waals surface area contributed by atoms with Gasteiger partial charge in [0.05, 0.1) is 11.8 Å². The number of hydrogen-bond donors (Lipinski definition) is 2. The van der Waals surface area contributed by atoms with E-state index in [-0.39, 0.29) is 29.0 Å². The predicted molar refractivity (Wildman–Crippen MR) is 109 cm³/mol. The summed E-state index contributed by atoms with van der Waals surface area (Å²) in [5.41, 5.74) is 1.49. The topological polar surface area (TPSA) is 115 Å². The van der Waals surface area contributed by atoms with Gasteiger partial charge in [-0.05, 0) is 62.8 Å². The molecule has 0 radical (unpaired) electrons. The van der Waals surface area contributed by atoms with Gasteiger partial charge in [0.15, 0.2) is 6.04 Å². The lowest BCUT2D eigenvalue weighted by molar-refractivity contribution is -0.133. The van der Waals surface area contributed by atoms with Gasteiger partial charge in [-0.15, -0.1) is 0 Å². The van der Waals surface area contributed by atoms with E-state index in [1.807, 2.05) is 0 Å². The molecule has 0 spiro atoms. The molecule has 1 aliphatic heterocycles. The quantitative estimate of drug-likeness (QED) is 0.554. The maximum absolute atomic E-state index is 12.8. The molecule has 3 rings (SSSR count). The molecule has 1 aliphatic carbocycles. The molecule has 3 atom stereocenters. The number of benzene rings is 1. The molecular weight excluding hydrogens is 372 g/mol. The number of aliphatic carboxylic acids is 1. The minimum atomic E-state index is -1.03. The van der Waals surface area contributed by atoms with Crippen LogP contribution < -0.4 is 0 Å². The summed E-state index contributed by atoms with van der Waals surface area (Å²) in [6, 6.07) is 3.93. The number of hydrogen-bond acceptors (Lipinski definition) is 6. The van der Waals surface area contributed by atoms with Gasteiger partial charge in [-0.25, -0.2) is 9.80 Å². The summed E-state index contributed by atoms with van der Waals surface area (Å²) in [6.45, 7) is 5.40. The van der Waals surface area contributed by atoms with Crippen LogP contribution in [0.3, 0.4) is 0 Å². The van der Waals surface area contributed by atoms with Gasteiger partial charge in [-0.2, -0.15) is 15.3 Å². The SMILES string of the molecule is CCC1CCC(N2N=C(C)C(N=Nc3ccc(/C=C(\C)C(=O)O)cc3O)C2=O)C1.